The molecule has 1 aromatic carbocycles. The summed E-state index contributed by atoms with van der Waals surface area (Å²) in [6.07, 6.45) is 0.717. The Balaban J connectivity index is 1.94. The summed E-state index contributed by atoms with van der Waals surface area (Å²) >= 11 is 5.78. The van der Waals surface area contributed by atoms with Crippen molar-refractivity contribution in [3.63, 3.8) is 0 Å². The summed E-state index contributed by atoms with van der Waals surface area (Å²) in [6.45, 7) is 0.122. The molecular formula is C14H13ClN2O2. The first-order chi connectivity index (χ1) is 9.16. The molecule has 1 aromatic heterocycles. The Bertz CT molecular complexity index is 560. The van der Waals surface area contributed by atoms with Crippen molar-refractivity contribution in [1.82, 2.24) is 10.3 Å². The topological polar surface area (TPSA) is 62.2 Å². The predicted molar refractivity (Wildman–Crippen MR) is 73.0 cm³/mol. The number of amides is 1. The summed E-state index contributed by atoms with van der Waals surface area (Å²) in [4.78, 5) is 15.7. The van der Waals surface area contributed by atoms with Gasteiger partial charge in [0.15, 0.2) is 0 Å². The first-order valence-electron chi connectivity index (χ1n) is 5.79. The van der Waals surface area contributed by atoms with Gasteiger partial charge in [0.05, 0.1) is 6.10 Å². The SMILES string of the molecule is O=C(NCC(O)c1ccccc1)c1cc(Cl)ccn1. The van der Waals surface area contributed by atoms with Crippen molar-refractivity contribution in [3.05, 3.63) is 64.9 Å². The molecule has 5 heteroatoms. The number of benzene rings is 1. The lowest BCUT2D eigenvalue weighted by Gasteiger charge is -2.11. The van der Waals surface area contributed by atoms with Crippen LogP contribution < -0.4 is 5.32 Å². The Morgan fingerprint density at radius 2 is 2.05 bits per heavy atom. The molecule has 2 aromatic rings. The van der Waals surface area contributed by atoms with Gasteiger partial charge in [-0.25, -0.2) is 0 Å². The van der Waals surface area contributed by atoms with Crippen LogP contribution in [-0.4, -0.2) is 22.5 Å². The van der Waals surface area contributed by atoms with Gasteiger partial charge in [-0.05, 0) is 17.7 Å². The number of aliphatic hydroxyl groups is 1. The van der Waals surface area contributed by atoms with Crippen LogP contribution in [0, 0.1) is 0 Å². The van der Waals surface area contributed by atoms with Crippen LogP contribution in [0.1, 0.15) is 22.2 Å². The highest BCUT2D eigenvalue weighted by Crippen LogP contribution is 2.11. The third-order valence-corrected chi connectivity index (χ3v) is 2.83. The molecule has 0 spiro atoms. The zero-order chi connectivity index (χ0) is 13.7. The van der Waals surface area contributed by atoms with Crippen molar-refractivity contribution in [3.8, 4) is 0 Å². The molecule has 4 nitrogen and oxygen atoms in total. The molecule has 2 rings (SSSR count). The van der Waals surface area contributed by atoms with Gasteiger partial charge >= 0.3 is 0 Å². The molecule has 0 bridgehead atoms. The van der Waals surface area contributed by atoms with Crippen LogP contribution in [-0.2, 0) is 0 Å². The molecular weight excluding hydrogens is 264 g/mol. The lowest BCUT2D eigenvalue weighted by molar-refractivity contribution is 0.0911. The monoisotopic (exact) mass is 276 g/mol. The van der Waals surface area contributed by atoms with Gasteiger partial charge in [0.1, 0.15) is 5.69 Å². The third kappa shape index (κ3) is 3.77. The van der Waals surface area contributed by atoms with Gasteiger partial charge in [0, 0.05) is 17.8 Å². The Kier molecular flexibility index (Phi) is 4.49. The number of nitrogens with one attached hydrogen (secondary N) is 1. The molecule has 2 N–H and O–H groups in total. The van der Waals surface area contributed by atoms with Crippen LogP contribution in [0.4, 0.5) is 0 Å². The van der Waals surface area contributed by atoms with Gasteiger partial charge in [-0.3, -0.25) is 9.78 Å². The van der Waals surface area contributed by atoms with Gasteiger partial charge in [0.2, 0.25) is 0 Å². The number of carbonyl (C=O) groups is 1. The Morgan fingerprint density at radius 3 is 2.74 bits per heavy atom. The van der Waals surface area contributed by atoms with E-state index in [0.717, 1.165) is 5.56 Å². The molecule has 1 unspecified atom stereocenters. The highest BCUT2D eigenvalue weighted by Gasteiger charge is 2.11. The van der Waals surface area contributed by atoms with Crippen LogP contribution in [0.25, 0.3) is 0 Å². The average molecular weight is 277 g/mol. The number of hydrogen-bond acceptors (Lipinski definition) is 3. The van der Waals surface area contributed by atoms with Crippen molar-refractivity contribution < 1.29 is 9.90 Å². The molecule has 1 amide bonds. The number of aromatic nitrogens is 1. The number of pyridine rings is 1. The van der Waals surface area contributed by atoms with Crippen molar-refractivity contribution >= 4 is 17.5 Å². The summed E-state index contributed by atoms with van der Waals surface area (Å²) in [7, 11) is 0. The van der Waals surface area contributed by atoms with E-state index in [1.54, 1.807) is 18.2 Å². The van der Waals surface area contributed by atoms with E-state index in [4.69, 9.17) is 11.6 Å². The summed E-state index contributed by atoms with van der Waals surface area (Å²) in [5.74, 6) is -0.363. The van der Waals surface area contributed by atoms with E-state index >= 15 is 0 Å². The molecule has 0 aliphatic heterocycles. The van der Waals surface area contributed by atoms with Crippen LogP contribution >= 0.6 is 11.6 Å². The summed E-state index contributed by atoms with van der Waals surface area (Å²) in [5.41, 5.74) is 0.981. The second kappa shape index (κ2) is 6.31. The van der Waals surface area contributed by atoms with E-state index in [0.29, 0.717) is 5.02 Å². The van der Waals surface area contributed by atoms with Gasteiger partial charge in [0.25, 0.3) is 5.91 Å². The number of halogens is 1. The number of aliphatic hydroxyl groups excluding tert-OH is 1. The van der Waals surface area contributed by atoms with Crippen molar-refractivity contribution in [2.75, 3.05) is 6.54 Å². The van der Waals surface area contributed by atoms with Gasteiger partial charge in [-0.2, -0.15) is 0 Å². The zero-order valence-corrected chi connectivity index (χ0v) is 10.8. The van der Waals surface area contributed by atoms with E-state index in [1.807, 2.05) is 18.2 Å². The van der Waals surface area contributed by atoms with E-state index < -0.39 is 6.10 Å². The van der Waals surface area contributed by atoms with Crippen LogP contribution in [0.2, 0.25) is 5.02 Å². The molecule has 98 valence electrons. The minimum atomic E-state index is -0.746. The fourth-order valence-electron chi connectivity index (χ4n) is 1.60. The quantitative estimate of drug-likeness (QED) is 0.900. The second-order valence-electron chi connectivity index (χ2n) is 4.00. The lowest BCUT2D eigenvalue weighted by atomic mass is 10.1. The average Bonchev–Trinajstić information content (AvgIpc) is 2.45. The largest absolute Gasteiger partial charge is 0.387 e. The van der Waals surface area contributed by atoms with Gasteiger partial charge < -0.3 is 10.4 Å². The molecule has 0 saturated carbocycles. The molecule has 0 fully saturated rings. The standard InChI is InChI=1S/C14H13ClN2O2/c15-11-6-7-16-12(8-11)14(19)17-9-13(18)10-4-2-1-3-5-10/h1-8,13,18H,9H2,(H,17,19). The fourth-order valence-corrected chi connectivity index (χ4v) is 1.76. The Labute approximate surface area is 116 Å². The first kappa shape index (κ1) is 13.5. The molecule has 1 heterocycles. The smallest absolute Gasteiger partial charge is 0.270 e. The molecule has 0 aliphatic rings. The van der Waals surface area contributed by atoms with E-state index in [2.05, 4.69) is 10.3 Å². The minimum Gasteiger partial charge on any atom is -0.387 e. The minimum absolute atomic E-state index is 0.122. The molecule has 0 radical (unpaired) electrons. The number of rotatable bonds is 4. The molecule has 1 atom stereocenters. The summed E-state index contributed by atoms with van der Waals surface area (Å²) in [6, 6.07) is 12.2. The lowest BCUT2D eigenvalue weighted by Crippen LogP contribution is -2.29. The molecule has 0 aliphatic carbocycles. The predicted octanol–water partition coefficient (Wildman–Crippen LogP) is 2.20. The maximum Gasteiger partial charge on any atom is 0.270 e. The van der Waals surface area contributed by atoms with E-state index in [-0.39, 0.29) is 18.1 Å². The number of carbonyl (C=O) groups excluding carboxylic acids is 1. The summed E-state index contributed by atoms with van der Waals surface area (Å²) < 4.78 is 0. The maximum atomic E-state index is 11.8. The maximum absolute atomic E-state index is 11.8. The van der Waals surface area contributed by atoms with Crippen LogP contribution in [0.3, 0.4) is 0 Å². The Hall–Kier alpha value is -1.91. The van der Waals surface area contributed by atoms with Crippen molar-refractivity contribution in [1.29, 1.82) is 0 Å². The van der Waals surface area contributed by atoms with E-state index in [9.17, 15) is 9.90 Å². The highest BCUT2D eigenvalue weighted by molar-refractivity contribution is 6.30. The fraction of sp³-hybridized carbons (Fsp3) is 0.143. The molecule has 19 heavy (non-hydrogen) atoms. The van der Waals surface area contributed by atoms with Crippen LogP contribution in [0.5, 0.6) is 0 Å². The molecule has 0 saturated heterocycles. The van der Waals surface area contributed by atoms with Gasteiger partial charge in [-0.15, -0.1) is 0 Å². The first-order valence-corrected chi connectivity index (χ1v) is 6.17. The normalized spacial score (nSPS) is 11.9. The van der Waals surface area contributed by atoms with E-state index in [1.165, 1.54) is 12.3 Å². The second-order valence-corrected chi connectivity index (χ2v) is 4.43. The third-order valence-electron chi connectivity index (χ3n) is 2.59. The van der Waals surface area contributed by atoms with Crippen molar-refractivity contribution in [2.45, 2.75) is 6.10 Å². The summed E-state index contributed by atoms with van der Waals surface area (Å²) in [5, 5.41) is 13.0. The van der Waals surface area contributed by atoms with Gasteiger partial charge in [-0.1, -0.05) is 41.9 Å². The highest BCUT2D eigenvalue weighted by atomic mass is 35.5. The van der Waals surface area contributed by atoms with Crippen molar-refractivity contribution in [2.24, 2.45) is 0 Å². The Morgan fingerprint density at radius 1 is 1.32 bits per heavy atom. The zero-order valence-electron chi connectivity index (χ0n) is 10.1. The number of nitrogens with zero attached hydrogens (tertiary/aromatic N) is 1. The number of hydrogen-bond donors (Lipinski definition) is 2. The van der Waals surface area contributed by atoms with Crippen LogP contribution in [0.15, 0.2) is 48.7 Å².